The smallest absolute Gasteiger partial charge is 0.252 e. The Balaban J connectivity index is 1.42. The van der Waals surface area contributed by atoms with Crippen LogP contribution in [-0.4, -0.2) is 45.3 Å². The van der Waals surface area contributed by atoms with Gasteiger partial charge in [0.15, 0.2) is 5.54 Å². The summed E-state index contributed by atoms with van der Waals surface area (Å²) in [6, 6.07) is 21.1. The van der Waals surface area contributed by atoms with Gasteiger partial charge in [-0.1, -0.05) is 53.7 Å². The summed E-state index contributed by atoms with van der Waals surface area (Å²) in [4.78, 5) is 33.5. The predicted molar refractivity (Wildman–Crippen MR) is 170 cm³/mol. The number of alkyl halides is 2. The molecule has 0 radical (unpaired) electrons. The number of hydrazine groups is 1. The van der Waals surface area contributed by atoms with Crippen molar-refractivity contribution >= 4 is 23.3 Å². The number of hydrogen-bond donors (Lipinski definition) is 2. The number of carbonyl (C=O) groups excluding carboxylic acids is 2. The maximum absolute atomic E-state index is 15.0. The average molecular weight is 671 g/mol. The number of rotatable bonds is 8. The molecule has 0 bridgehead atoms. The summed E-state index contributed by atoms with van der Waals surface area (Å²) in [5.41, 5.74) is 0.748. The first-order chi connectivity index (χ1) is 23.5. The Morgan fingerprint density at radius 3 is 2.43 bits per heavy atom. The summed E-state index contributed by atoms with van der Waals surface area (Å²) in [5.74, 6) is -6.12. The van der Waals surface area contributed by atoms with Crippen LogP contribution in [0.25, 0.3) is 11.1 Å². The Kier molecular flexibility index (Phi) is 8.08. The largest absolute Gasteiger partial charge is 0.351 e. The van der Waals surface area contributed by atoms with E-state index in [0.29, 0.717) is 16.8 Å². The monoisotopic (exact) mass is 670 g/mol. The van der Waals surface area contributed by atoms with Crippen molar-refractivity contribution in [3.05, 3.63) is 113 Å². The SMILES string of the molecule is N#Cc1ccnc(N2C(=O)CC[C@H]2N(O)N(c2cc(F)cc(F)c2)[C@@]2(C(=O)NC3CC(F)(F)C3)CCc3c(-c4ccccc4)cccc32)c1. The number of nitrogens with zero attached hydrogens (tertiary/aromatic N) is 5. The lowest BCUT2D eigenvalue weighted by Gasteiger charge is -2.49. The van der Waals surface area contributed by atoms with E-state index in [1.807, 2.05) is 42.5 Å². The average Bonchev–Trinajstić information content (AvgIpc) is 3.65. The number of nitrogens with one attached hydrogen (secondary N) is 1. The molecule has 0 spiro atoms. The maximum atomic E-state index is 15.0. The number of fused-ring (bicyclic) bond motifs is 1. The lowest BCUT2D eigenvalue weighted by Crippen LogP contribution is -2.66. The van der Waals surface area contributed by atoms with E-state index in [2.05, 4.69) is 10.3 Å². The van der Waals surface area contributed by atoms with Crippen LogP contribution in [0.1, 0.15) is 48.8 Å². The fraction of sp³-hybridized carbons (Fsp3) is 0.278. The van der Waals surface area contributed by atoms with Crippen LogP contribution in [0.2, 0.25) is 0 Å². The van der Waals surface area contributed by atoms with Gasteiger partial charge < -0.3 is 5.32 Å². The van der Waals surface area contributed by atoms with Gasteiger partial charge in [0.25, 0.3) is 11.8 Å². The number of pyridine rings is 1. The molecule has 2 heterocycles. The number of benzene rings is 3. The highest BCUT2D eigenvalue weighted by Gasteiger charge is 2.57. The van der Waals surface area contributed by atoms with Crippen LogP contribution >= 0.6 is 0 Å². The Labute approximate surface area is 278 Å². The third-order valence-corrected chi connectivity index (χ3v) is 9.47. The number of amides is 2. The number of anilines is 2. The number of hydrogen-bond acceptors (Lipinski definition) is 7. The van der Waals surface area contributed by atoms with E-state index in [1.54, 1.807) is 12.1 Å². The molecule has 250 valence electrons. The lowest BCUT2D eigenvalue weighted by molar-refractivity contribution is -0.164. The van der Waals surface area contributed by atoms with Gasteiger partial charge in [0.1, 0.15) is 23.6 Å². The molecule has 1 aliphatic heterocycles. The van der Waals surface area contributed by atoms with E-state index < -0.39 is 60.0 Å². The fourth-order valence-corrected chi connectivity index (χ4v) is 7.29. The molecule has 1 saturated carbocycles. The Morgan fingerprint density at radius 2 is 1.73 bits per heavy atom. The zero-order chi connectivity index (χ0) is 34.5. The second-order valence-corrected chi connectivity index (χ2v) is 12.5. The third-order valence-electron chi connectivity index (χ3n) is 9.47. The van der Waals surface area contributed by atoms with Gasteiger partial charge in [0.2, 0.25) is 5.91 Å². The van der Waals surface area contributed by atoms with Crippen LogP contribution < -0.4 is 15.2 Å². The molecule has 1 saturated heterocycles. The molecule has 4 aromatic rings. The molecule has 49 heavy (non-hydrogen) atoms. The topological polar surface area (TPSA) is 113 Å². The van der Waals surface area contributed by atoms with Gasteiger partial charge >= 0.3 is 0 Å². The van der Waals surface area contributed by atoms with Gasteiger partial charge in [0.05, 0.1) is 17.3 Å². The molecule has 1 aromatic heterocycles. The molecule has 2 aliphatic carbocycles. The van der Waals surface area contributed by atoms with E-state index in [-0.39, 0.29) is 42.8 Å². The predicted octanol–water partition coefficient (Wildman–Crippen LogP) is 6.22. The second-order valence-electron chi connectivity index (χ2n) is 12.5. The van der Waals surface area contributed by atoms with Crippen LogP contribution in [0.3, 0.4) is 0 Å². The first-order valence-corrected chi connectivity index (χ1v) is 15.8. The van der Waals surface area contributed by atoms with Gasteiger partial charge in [-0.3, -0.25) is 24.7 Å². The number of nitriles is 1. The molecule has 3 aromatic carbocycles. The van der Waals surface area contributed by atoms with E-state index in [9.17, 15) is 28.8 Å². The molecule has 7 rings (SSSR count). The van der Waals surface area contributed by atoms with Crippen LogP contribution in [-0.2, 0) is 21.5 Å². The summed E-state index contributed by atoms with van der Waals surface area (Å²) in [6.45, 7) is 0. The molecule has 2 atom stereocenters. The first-order valence-electron chi connectivity index (χ1n) is 15.8. The molecular weight excluding hydrogens is 640 g/mol. The lowest BCUT2D eigenvalue weighted by atomic mass is 9.84. The van der Waals surface area contributed by atoms with E-state index in [1.165, 1.54) is 18.3 Å². The minimum absolute atomic E-state index is 0.00551. The van der Waals surface area contributed by atoms with E-state index in [4.69, 9.17) is 0 Å². The van der Waals surface area contributed by atoms with E-state index in [0.717, 1.165) is 38.7 Å². The second kappa shape index (κ2) is 12.3. The van der Waals surface area contributed by atoms with E-state index >= 15 is 8.78 Å². The van der Waals surface area contributed by atoms with Crippen LogP contribution in [0.5, 0.6) is 0 Å². The number of carbonyl (C=O) groups is 2. The zero-order valence-corrected chi connectivity index (χ0v) is 26.0. The molecule has 0 unspecified atom stereocenters. The molecule has 2 amide bonds. The van der Waals surface area contributed by atoms with Gasteiger partial charge in [-0.2, -0.15) is 5.26 Å². The maximum Gasteiger partial charge on any atom is 0.252 e. The molecule has 13 heteroatoms. The standard InChI is InChI=1S/C36H30F4N6O3/c37-24-16-25(38)18-27(17-24)45(46(49)32-9-10-33(47)44(32)31-15-22(21-41)12-14-42-31)36(34(48)43-26-19-35(39,40)20-26)13-11-29-28(7-4-8-30(29)36)23-5-2-1-3-6-23/h1-8,12,14-18,26,32,49H,9-11,13,19-20H2,(H,43,48)/t32-,36+/m1/s1. The first kappa shape index (κ1) is 32.2. The van der Waals surface area contributed by atoms with Crippen molar-refractivity contribution in [2.24, 2.45) is 0 Å². The molecule has 2 N–H and O–H groups in total. The van der Waals surface area contributed by atoms with Crippen molar-refractivity contribution in [1.29, 1.82) is 5.26 Å². The highest BCUT2D eigenvalue weighted by atomic mass is 19.3. The number of halogens is 4. The van der Waals surface area contributed by atoms with Crippen LogP contribution in [0.15, 0.2) is 85.1 Å². The Bertz CT molecular complexity index is 1960. The Morgan fingerprint density at radius 1 is 1.00 bits per heavy atom. The molecule has 2 fully saturated rings. The highest BCUT2D eigenvalue weighted by Crippen LogP contribution is 2.49. The quantitative estimate of drug-likeness (QED) is 0.169. The summed E-state index contributed by atoms with van der Waals surface area (Å²) < 4.78 is 58.0. The molecular formula is C36H30F4N6O3. The number of hydroxylamine groups is 1. The highest BCUT2D eigenvalue weighted by molar-refractivity contribution is 5.96. The minimum Gasteiger partial charge on any atom is -0.351 e. The van der Waals surface area contributed by atoms with Crippen LogP contribution in [0.4, 0.5) is 29.1 Å². The summed E-state index contributed by atoms with van der Waals surface area (Å²) >= 11 is 0. The van der Waals surface area contributed by atoms with Gasteiger partial charge in [-0.15, -0.1) is 0 Å². The molecule has 9 nitrogen and oxygen atoms in total. The van der Waals surface area contributed by atoms with Crippen LogP contribution in [0, 0.1) is 23.0 Å². The van der Waals surface area contributed by atoms with Crippen molar-refractivity contribution in [3.8, 4) is 17.2 Å². The Hall–Kier alpha value is -5.32. The van der Waals surface area contributed by atoms with Gasteiger partial charge in [0, 0.05) is 37.6 Å². The molecule has 3 aliphatic rings. The normalized spacial score (nSPS) is 21.3. The zero-order valence-electron chi connectivity index (χ0n) is 26.0. The van der Waals surface area contributed by atoms with Gasteiger partial charge in [-0.05, 0) is 65.8 Å². The van der Waals surface area contributed by atoms with Crippen molar-refractivity contribution in [2.75, 3.05) is 9.91 Å². The van der Waals surface area contributed by atoms with Crippen molar-refractivity contribution < 1.29 is 32.4 Å². The summed E-state index contributed by atoms with van der Waals surface area (Å²) in [7, 11) is 0. The van der Waals surface area contributed by atoms with Crippen molar-refractivity contribution in [2.45, 2.75) is 62.2 Å². The van der Waals surface area contributed by atoms with Crippen molar-refractivity contribution in [3.63, 3.8) is 0 Å². The summed E-state index contributed by atoms with van der Waals surface area (Å²) in [6.07, 6.45) is -0.903. The third kappa shape index (κ3) is 5.66. The fourth-order valence-electron chi connectivity index (χ4n) is 7.29. The number of aromatic nitrogens is 1. The summed E-state index contributed by atoms with van der Waals surface area (Å²) in [5, 5.41) is 26.2. The van der Waals surface area contributed by atoms with Gasteiger partial charge in [-0.25, -0.2) is 22.5 Å². The van der Waals surface area contributed by atoms with Crippen molar-refractivity contribution in [1.82, 2.24) is 15.5 Å². The minimum atomic E-state index is -2.96.